The van der Waals surface area contributed by atoms with E-state index in [0.717, 1.165) is 44.1 Å². The van der Waals surface area contributed by atoms with E-state index in [9.17, 15) is 0 Å². The van der Waals surface area contributed by atoms with Crippen molar-refractivity contribution in [1.82, 2.24) is 4.98 Å². The van der Waals surface area contributed by atoms with Gasteiger partial charge in [0.05, 0.1) is 5.56 Å². The molecule has 0 aliphatic rings. The van der Waals surface area contributed by atoms with E-state index in [0.29, 0.717) is 5.89 Å². The van der Waals surface area contributed by atoms with E-state index >= 15 is 0 Å². The second-order valence-electron chi connectivity index (χ2n) is 7.97. The van der Waals surface area contributed by atoms with Gasteiger partial charge in [0.1, 0.15) is 11.3 Å². The number of fused-ring (bicyclic) bond motifs is 2. The molecule has 0 aliphatic carbocycles. The van der Waals surface area contributed by atoms with Gasteiger partial charge in [0.2, 0.25) is 5.89 Å². The summed E-state index contributed by atoms with van der Waals surface area (Å²) in [6.07, 6.45) is 0. The summed E-state index contributed by atoms with van der Waals surface area (Å²) in [7, 11) is 0. The van der Waals surface area contributed by atoms with Gasteiger partial charge < -0.3 is 9.07 Å². The van der Waals surface area contributed by atoms with E-state index in [1.54, 1.807) is 0 Å². The van der Waals surface area contributed by atoms with Gasteiger partial charge in [-0.05, 0) is 34.5 Å². The Bertz CT molecular complexity index is 1470. The SMILES string of the molecule is c1ccc(B(Oc2c(-c3nc4ccccc4o3)ccc3ccccc23)c2ccccc2)cc1. The van der Waals surface area contributed by atoms with Crippen LogP contribution in [0.5, 0.6) is 5.75 Å². The predicted molar refractivity (Wildman–Crippen MR) is 135 cm³/mol. The summed E-state index contributed by atoms with van der Waals surface area (Å²) in [5.41, 5.74) is 4.59. The van der Waals surface area contributed by atoms with Crippen molar-refractivity contribution in [1.29, 1.82) is 0 Å². The summed E-state index contributed by atoms with van der Waals surface area (Å²) in [5.74, 6) is 1.31. The van der Waals surface area contributed by atoms with Gasteiger partial charge in [0, 0.05) is 5.39 Å². The fourth-order valence-electron chi connectivity index (χ4n) is 4.23. The standard InChI is InChI=1S/C29H20BNO2/c1-3-12-22(13-4-1)30(23-14-5-2-6-15-23)33-28-24-16-8-7-11-21(24)19-20-25(28)29-31-26-17-9-10-18-27(26)32-29/h1-20H. The molecule has 6 rings (SSSR count). The van der Waals surface area contributed by atoms with E-state index in [1.165, 1.54) is 0 Å². The Morgan fingerprint density at radius 3 is 1.97 bits per heavy atom. The lowest BCUT2D eigenvalue weighted by Crippen LogP contribution is -2.47. The average molecular weight is 425 g/mol. The summed E-state index contributed by atoms with van der Waals surface area (Å²) >= 11 is 0. The Hall–Kier alpha value is -4.31. The van der Waals surface area contributed by atoms with Crippen LogP contribution in [0.4, 0.5) is 0 Å². The predicted octanol–water partition coefficient (Wildman–Crippen LogP) is 5.83. The average Bonchev–Trinajstić information content (AvgIpc) is 3.32. The van der Waals surface area contributed by atoms with Crippen molar-refractivity contribution in [3.63, 3.8) is 0 Å². The van der Waals surface area contributed by atoms with Crippen molar-refractivity contribution in [2.45, 2.75) is 0 Å². The van der Waals surface area contributed by atoms with E-state index in [-0.39, 0.29) is 6.92 Å². The minimum atomic E-state index is -0.277. The highest BCUT2D eigenvalue weighted by atomic mass is 16.4. The molecule has 0 bridgehead atoms. The van der Waals surface area contributed by atoms with Crippen molar-refractivity contribution < 1.29 is 9.07 Å². The number of benzene rings is 5. The van der Waals surface area contributed by atoms with E-state index in [4.69, 9.17) is 14.1 Å². The molecule has 0 aliphatic heterocycles. The van der Waals surface area contributed by atoms with E-state index < -0.39 is 0 Å². The molecule has 156 valence electrons. The van der Waals surface area contributed by atoms with Gasteiger partial charge >= 0.3 is 6.92 Å². The summed E-state index contributed by atoms with van der Waals surface area (Å²) in [5, 5.41) is 2.13. The van der Waals surface area contributed by atoms with Gasteiger partial charge in [0.25, 0.3) is 0 Å². The summed E-state index contributed by atoms with van der Waals surface area (Å²) in [6, 6.07) is 40.8. The Balaban J connectivity index is 1.56. The second kappa shape index (κ2) is 8.32. The molecule has 3 nitrogen and oxygen atoms in total. The smallest absolute Gasteiger partial charge is 0.426 e. The molecule has 0 saturated carbocycles. The molecule has 6 aromatic rings. The monoisotopic (exact) mass is 425 g/mol. The largest absolute Gasteiger partial charge is 0.550 e. The maximum absolute atomic E-state index is 6.88. The van der Waals surface area contributed by atoms with Crippen LogP contribution in [0.1, 0.15) is 0 Å². The quantitative estimate of drug-likeness (QED) is 0.326. The lowest BCUT2D eigenvalue weighted by atomic mass is 9.55. The van der Waals surface area contributed by atoms with Gasteiger partial charge in [-0.15, -0.1) is 0 Å². The van der Waals surface area contributed by atoms with Crippen LogP contribution in [0.3, 0.4) is 0 Å². The fourth-order valence-corrected chi connectivity index (χ4v) is 4.23. The normalized spacial score (nSPS) is 11.0. The molecule has 1 aromatic heterocycles. The first kappa shape index (κ1) is 19.4. The molecule has 5 aromatic carbocycles. The van der Waals surface area contributed by atoms with Crippen LogP contribution < -0.4 is 15.6 Å². The topological polar surface area (TPSA) is 35.3 Å². The van der Waals surface area contributed by atoms with Crippen LogP contribution in [0.25, 0.3) is 33.3 Å². The molecule has 0 N–H and O–H groups in total. The molecule has 33 heavy (non-hydrogen) atoms. The summed E-state index contributed by atoms with van der Waals surface area (Å²) in [6.45, 7) is -0.277. The Kier molecular flexibility index (Phi) is 4.89. The third-order valence-corrected chi connectivity index (χ3v) is 5.84. The minimum absolute atomic E-state index is 0.277. The molecule has 0 radical (unpaired) electrons. The van der Waals surface area contributed by atoms with Crippen LogP contribution in [-0.4, -0.2) is 11.9 Å². The van der Waals surface area contributed by atoms with Crippen molar-refractivity contribution >= 4 is 39.7 Å². The third kappa shape index (κ3) is 3.66. The van der Waals surface area contributed by atoms with Crippen molar-refractivity contribution in [2.24, 2.45) is 0 Å². The van der Waals surface area contributed by atoms with Crippen LogP contribution >= 0.6 is 0 Å². The third-order valence-electron chi connectivity index (χ3n) is 5.84. The second-order valence-corrected chi connectivity index (χ2v) is 7.97. The summed E-state index contributed by atoms with van der Waals surface area (Å²) < 4.78 is 13.0. The maximum atomic E-state index is 6.88. The Morgan fingerprint density at radius 2 is 1.24 bits per heavy atom. The van der Waals surface area contributed by atoms with Gasteiger partial charge in [0.15, 0.2) is 5.58 Å². The molecular formula is C29H20BNO2. The molecule has 4 heteroatoms. The van der Waals surface area contributed by atoms with Crippen molar-refractivity contribution in [3.05, 3.63) is 121 Å². The number of nitrogens with zero attached hydrogens (tertiary/aromatic N) is 1. The van der Waals surface area contributed by atoms with Crippen molar-refractivity contribution in [2.75, 3.05) is 0 Å². The molecule has 0 atom stereocenters. The zero-order valence-electron chi connectivity index (χ0n) is 17.9. The Morgan fingerprint density at radius 1 is 0.606 bits per heavy atom. The fraction of sp³-hybridized carbons (Fsp3) is 0. The minimum Gasteiger partial charge on any atom is -0.550 e. The number of aromatic nitrogens is 1. The van der Waals surface area contributed by atoms with Crippen LogP contribution in [0.2, 0.25) is 0 Å². The summed E-state index contributed by atoms with van der Waals surface area (Å²) in [4.78, 5) is 4.76. The van der Waals surface area contributed by atoms with Gasteiger partial charge in [-0.1, -0.05) is 103 Å². The van der Waals surface area contributed by atoms with Gasteiger partial charge in [-0.25, -0.2) is 4.98 Å². The molecule has 0 saturated heterocycles. The first-order valence-electron chi connectivity index (χ1n) is 11.0. The van der Waals surface area contributed by atoms with Crippen molar-refractivity contribution in [3.8, 4) is 17.2 Å². The molecule has 0 fully saturated rings. The molecule has 0 spiro atoms. The van der Waals surface area contributed by atoms with E-state index in [1.807, 2.05) is 78.9 Å². The lowest BCUT2D eigenvalue weighted by molar-refractivity contribution is 0.584. The number of hydrogen-bond donors (Lipinski definition) is 0. The van der Waals surface area contributed by atoms with Gasteiger partial charge in [-0.2, -0.15) is 0 Å². The number of rotatable bonds is 5. The molecule has 0 unspecified atom stereocenters. The van der Waals surface area contributed by atoms with Gasteiger partial charge in [-0.3, -0.25) is 0 Å². The lowest BCUT2D eigenvalue weighted by Gasteiger charge is -2.20. The molecular weight excluding hydrogens is 405 g/mol. The zero-order valence-corrected chi connectivity index (χ0v) is 17.9. The number of hydrogen-bond acceptors (Lipinski definition) is 3. The molecule has 1 heterocycles. The van der Waals surface area contributed by atoms with Crippen LogP contribution in [0, 0.1) is 0 Å². The molecule has 0 amide bonds. The highest BCUT2D eigenvalue weighted by Crippen LogP contribution is 2.38. The Labute approximate surface area is 192 Å². The van der Waals surface area contributed by atoms with E-state index in [2.05, 4.69) is 42.5 Å². The number of para-hydroxylation sites is 2. The zero-order chi connectivity index (χ0) is 22.0. The number of oxazole rings is 1. The van der Waals surface area contributed by atoms with Crippen LogP contribution in [0.15, 0.2) is 126 Å². The first-order valence-corrected chi connectivity index (χ1v) is 11.0. The highest BCUT2D eigenvalue weighted by molar-refractivity contribution is 6.80. The highest BCUT2D eigenvalue weighted by Gasteiger charge is 2.26. The maximum Gasteiger partial charge on any atom is 0.426 e. The van der Waals surface area contributed by atoms with Crippen LogP contribution in [-0.2, 0) is 0 Å². The first-order chi connectivity index (χ1) is 16.4.